The predicted molar refractivity (Wildman–Crippen MR) is 118 cm³/mol. The zero-order valence-corrected chi connectivity index (χ0v) is 19.5. The van der Waals surface area contributed by atoms with Gasteiger partial charge < -0.3 is 20.4 Å². The number of halogens is 5. The Morgan fingerprint density at radius 1 is 1.11 bits per heavy atom. The van der Waals surface area contributed by atoms with E-state index >= 15 is 0 Å². The van der Waals surface area contributed by atoms with Crippen molar-refractivity contribution in [1.29, 1.82) is 0 Å². The molecule has 4 rings (SSSR count). The lowest BCUT2D eigenvalue weighted by Crippen LogP contribution is -2.56. The smallest absolute Gasteiger partial charge is 0.379 e. The van der Waals surface area contributed by atoms with Crippen LogP contribution in [0.15, 0.2) is 41.4 Å². The number of thioether (sulfide) groups is 1. The summed E-state index contributed by atoms with van der Waals surface area (Å²) in [4.78, 5) is 4.71. The van der Waals surface area contributed by atoms with Gasteiger partial charge in [-0.2, -0.15) is 22.0 Å². The van der Waals surface area contributed by atoms with E-state index in [2.05, 4.69) is 15.6 Å². The Morgan fingerprint density at radius 2 is 1.86 bits per heavy atom. The standard InChI is InChI=1S/C22H25F5N4O4S/c23-21(24,16-5-2-13(9-28-16)36-22(25,26)27)20(35)29-8-11-1-3-14-12(7-11)10-31(19(14)34)15-4-6-17(32)30-18(15)33/h1-3,5,7,9,15,17-20,29-30,32-35H,4,6,8,10H2/t15?,17-,18+,19-,20+/m0/s1. The van der Waals surface area contributed by atoms with Gasteiger partial charge in [0.1, 0.15) is 24.4 Å². The van der Waals surface area contributed by atoms with Crippen molar-refractivity contribution in [1.82, 2.24) is 20.5 Å². The molecular formula is C22H25F5N4O4S. The van der Waals surface area contributed by atoms with Gasteiger partial charge in [0.2, 0.25) is 0 Å². The highest BCUT2D eigenvalue weighted by Crippen LogP contribution is 2.38. The van der Waals surface area contributed by atoms with Gasteiger partial charge in [0.25, 0.3) is 0 Å². The number of piperidine rings is 1. The molecule has 0 aliphatic carbocycles. The van der Waals surface area contributed by atoms with Crippen LogP contribution < -0.4 is 10.6 Å². The molecule has 14 heteroatoms. The molecule has 198 valence electrons. The van der Waals surface area contributed by atoms with Gasteiger partial charge in [0.15, 0.2) is 6.23 Å². The maximum absolute atomic E-state index is 14.6. The van der Waals surface area contributed by atoms with Crippen molar-refractivity contribution in [3.05, 3.63) is 58.9 Å². The molecule has 1 fully saturated rings. The van der Waals surface area contributed by atoms with Gasteiger partial charge in [-0.3, -0.25) is 20.5 Å². The molecule has 0 saturated carbocycles. The van der Waals surface area contributed by atoms with Crippen molar-refractivity contribution in [2.24, 2.45) is 0 Å². The number of pyridine rings is 1. The van der Waals surface area contributed by atoms with Gasteiger partial charge in [-0.15, -0.1) is 0 Å². The summed E-state index contributed by atoms with van der Waals surface area (Å²) in [6, 6.07) is 6.08. The van der Waals surface area contributed by atoms with Crippen LogP contribution in [0.25, 0.3) is 0 Å². The van der Waals surface area contributed by atoms with Crippen molar-refractivity contribution in [2.75, 3.05) is 0 Å². The summed E-state index contributed by atoms with van der Waals surface area (Å²) >= 11 is -0.480. The fourth-order valence-electron chi connectivity index (χ4n) is 4.40. The van der Waals surface area contributed by atoms with Gasteiger partial charge in [-0.25, -0.2) is 0 Å². The lowest BCUT2D eigenvalue weighted by molar-refractivity contribution is -0.132. The maximum atomic E-state index is 14.6. The second-order valence-electron chi connectivity index (χ2n) is 8.68. The summed E-state index contributed by atoms with van der Waals surface area (Å²) < 4.78 is 66.5. The third kappa shape index (κ3) is 5.97. The fraction of sp³-hybridized carbons (Fsp3) is 0.500. The Kier molecular flexibility index (Phi) is 7.88. The van der Waals surface area contributed by atoms with Gasteiger partial charge in [0, 0.05) is 24.2 Å². The first-order valence-electron chi connectivity index (χ1n) is 11.0. The first kappa shape index (κ1) is 27.1. The Labute approximate surface area is 207 Å². The minimum Gasteiger partial charge on any atom is -0.379 e. The molecule has 2 aliphatic rings. The van der Waals surface area contributed by atoms with Crippen LogP contribution in [0, 0.1) is 0 Å². The van der Waals surface area contributed by atoms with E-state index < -0.39 is 59.8 Å². The molecular weight excluding hydrogens is 511 g/mol. The maximum Gasteiger partial charge on any atom is 0.446 e. The third-order valence-electron chi connectivity index (χ3n) is 6.20. The molecule has 0 radical (unpaired) electrons. The van der Waals surface area contributed by atoms with Crippen LogP contribution in [0.4, 0.5) is 22.0 Å². The molecule has 1 saturated heterocycles. The molecule has 0 bridgehead atoms. The van der Waals surface area contributed by atoms with Crippen LogP contribution >= 0.6 is 11.8 Å². The number of fused-ring (bicyclic) bond motifs is 1. The van der Waals surface area contributed by atoms with Crippen LogP contribution in [0.1, 0.15) is 41.5 Å². The molecule has 8 nitrogen and oxygen atoms in total. The average Bonchev–Trinajstić information content (AvgIpc) is 3.12. The summed E-state index contributed by atoms with van der Waals surface area (Å²) in [6.07, 6.45) is -3.68. The highest BCUT2D eigenvalue weighted by molar-refractivity contribution is 8.00. The van der Waals surface area contributed by atoms with E-state index in [0.717, 1.165) is 17.7 Å². The second-order valence-corrected chi connectivity index (χ2v) is 9.82. The highest BCUT2D eigenvalue weighted by Gasteiger charge is 2.43. The molecule has 1 aromatic carbocycles. The molecule has 36 heavy (non-hydrogen) atoms. The van der Waals surface area contributed by atoms with E-state index in [0.29, 0.717) is 30.2 Å². The number of rotatable bonds is 7. The number of aliphatic hydroxyl groups is 4. The van der Waals surface area contributed by atoms with Crippen molar-refractivity contribution in [3.8, 4) is 0 Å². The Morgan fingerprint density at radius 3 is 2.50 bits per heavy atom. The number of nitrogens with one attached hydrogen (secondary N) is 2. The largest absolute Gasteiger partial charge is 0.446 e. The van der Waals surface area contributed by atoms with E-state index in [1.807, 2.05) is 0 Å². The first-order chi connectivity index (χ1) is 16.8. The van der Waals surface area contributed by atoms with Crippen molar-refractivity contribution >= 4 is 11.8 Å². The van der Waals surface area contributed by atoms with Gasteiger partial charge in [0.05, 0.1) is 6.04 Å². The van der Waals surface area contributed by atoms with Crippen molar-refractivity contribution in [2.45, 2.75) is 73.2 Å². The van der Waals surface area contributed by atoms with Crippen LogP contribution in [-0.2, 0) is 19.0 Å². The number of aromatic nitrogens is 1. The van der Waals surface area contributed by atoms with Gasteiger partial charge in [-0.1, -0.05) is 18.2 Å². The van der Waals surface area contributed by atoms with Gasteiger partial charge >= 0.3 is 11.4 Å². The Balaban J connectivity index is 1.38. The minimum atomic E-state index is -4.58. The van der Waals surface area contributed by atoms with Crippen LogP contribution in [-0.4, -0.2) is 60.5 Å². The average molecular weight is 537 g/mol. The molecule has 0 amide bonds. The molecule has 1 unspecified atom stereocenters. The summed E-state index contributed by atoms with van der Waals surface area (Å²) in [6.45, 7) is 0.122. The minimum absolute atomic E-state index is 0.165. The number of aliphatic hydroxyl groups excluding tert-OH is 4. The summed E-state index contributed by atoms with van der Waals surface area (Å²) in [7, 11) is 0. The number of hydrogen-bond acceptors (Lipinski definition) is 9. The van der Waals surface area contributed by atoms with Crippen LogP contribution in [0.3, 0.4) is 0 Å². The quantitative estimate of drug-likeness (QED) is 0.180. The second kappa shape index (κ2) is 10.5. The van der Waals surface area contributed by atoms with Gasteiger partial charge in [-0.05, 0) is 53.4 Å². The first-order valence-corrected chi connectivity index (χ1v) is 11.9. The zero-order valence-electron chi connectivity index (χ0n) is 18.7. The molecule has 3 heterocycles. The number of benzene rings is 1. The monoisotopic (exact) mass is 536 g/mol. The normalized spacial score (nSPS) is 26.1. The van der Waals surface area contributed by atoms with Crippen LogP contribution in [0.5, 0.6) is 0 Å². The Bertz CT molecular complexity index is 1060. The van der Waals surface area contributed by atoms with Crippen molar-refractivity contribution < 1.29 is 42.4 Å². The topological polar surface area (TPSA) is 121 Å². The van der Waals surface area contributed by atoms with Crippen LogP contribution in [0.2, 0.25) is 0 Å². The lowest BCUT2D eigenvalue weighted by Gasteiger charge is -2.39. The van der Waals surface area contributed by atoms with E-state index in [1.54, 1.807) is 23.1 Å². The summed E-state index contributed by atoms with van der Waals surface area (Å²) in [5, 5.41) is 45.6. The molecule has 2 aromatic rings. The molecule has 2 aliphatic heterocycles. The Hall–Kier alpha value is -1.91. The highest BCUT2D eigenvalue weighted by atomic mass is 32.2. The van der Waals surface area contributed by atoms with Crippen molar-refractivity contribution in [3.63, 3.8) is 0 Å². The molecule has 5 atom stereocenters. The fourth-order valence-corrected chi connectivity index (χ4v) is 4.91. The van der Waals surface area contributed by atoms with E-state index in [-0.39, 0.29) is 18.0 Å². The van der Waals surface area contributed by atoms with E-state index in [1.165, 1.54) is 0 Å². The third-order valence-corrected chi connectivity index (χ3v) is 6.91. The number of hydrogen-bond donors (Lipinski definition) is 6. The van der Waals surface area contributed by atoms with E-state index in [9.17, 15) is 42.4 Å². The summed E-state index contributed by atoms with van der Waals surface area (Å²) in [5.41, 5.74) is -3.60. The number of alkyl halides is 5. The SMILES string of the molecule is O[C@H]1CCC(N2Cc3cc(CN[C@H](O)C(F)(F)c4ccc(SC(F)(F)F)cn4)ccc3[C@@H]2O)[C@@H](O)N1. The summed E-state index contributed by atoms with van der Waals surface area (Å²) in [5.74, 6) is -3.88. The van der Waals surface area contributed by atoms with E-state index in [4.69, 9.17) is 0 Å². The lowest BCUT2D eigenvalue weighted by atomic mass is 10.0. The number of nitrogens with zero attached hydrogens (tertiary/aromatic N) is 2. The molecule has 1 aromatic heterocycles. The molecule has 0 spiro atoms. The predicted octanol–water partition coefficient (Wildman–Crippen LogP) is 2.09. The molecule has 6 N–H and O–H groups in total. The zero-order chi connectivity index (χ0) is 26.3.